The van der Waals surface area contributed by atoms with Gasteiger partial charge >= 0.3 is 0 Å². The second kappa shape index (κ2) is 11.3. The molecule has 1 heterocycles. The molecule has 0 bridgehead atoms. The number of hydrogen-bond donors (Lipinski definition) is 0. The van der Waals surface area contributed by atoms with Crippen LogP contribution in [0.15, 0.2) is 182 Å². The smallest absolute Gasteiger partial charge is 0.0433 e. The molecule has 0 nitrogen and oxygen atoms in total. The Labute approximate surface area is 289 Å². The van der Waals surface area contributed by atoms with E-state index in [1.807, 2.05) is 11.3 Å². The van der Waals surface area contributed by atoms with Gasteiger partial charge in [0.05, 0.1) is 0 Å². The fourth-order valence-electron chi connectivity index (χ4n) is 7.82. The highest BCUT2D eigenvalue weighted by molar-refractivity contribution is 7.26. The van der Waals surface area contributed by atoms with Crippen molar-refractivity contribution in [3.8, 4) is 44.5 Å². The zero-order valence-electron chi connectivity index (χ0n) is 26.7. The summed E-state index contributed by atoms with van der Waals surface area (Å²) in [5.41, 5.74) is 10.1. The van der Waals surface area contributed by atoms with Crippen LogP contribution in [-0.2, 0) is 0 Å². The monoisotopic (exact) mass is 638 g/mol. The van der Waals surface area contributed by atoms with Crippen molar-refractivity contribution in [1.82, 2.24) is 0 Å². The van der Waals surface area contributed by atoms with E-state index in [-0.39, 0.29) is 0 Å². The average Bonchev–Trinajstić information content (AvgIpc) is 3.56. The van der Waals surface area contributed by atoms with Gasteiger partial charge in [-0.15, -0.1) is 11.3 Å². The number of rotatable bonds is 4. The van der Waals surface area contributed by atoms with Crippen molar-refractivity contribution in [3.63, 3.8) is 0 Å². The molecule has 10 aromatic rings. The minimum absolute atomic E-state index is 1.22. The Bertz CT molecular complexity index is 2800. The van der Waals surface area contributed by atoms with Gasteiger partial charge in [0.1, 0.15) is 0 Å². The SMILES string of the molecule is c1ccc(-c2c3ccccc3c(-c3cccc4ccc(-c5ccc(-c6cccc7c6sc6ccccc67)cc5)cc34)c3ccccc23)cc1. The highest BCUT2D eigenvalue weighted by atomic mass is 32.1. The van der Waals surface area contributed by atoms with Crippen LogP contribution < -0.4 is 0 Å². The van der Waals surface area contributed by atoms with E-state index in [1.165, 1.54) is 97.0 Å². The maximum absolute atomic E-state index is 2.39. The maximum atomic E-state index is 2.39. The van der Waals surface area contributed by atoms with E-state index in [4.69, 9.17) is 0 Å². The zero-order chi connectivity index (χ0) is 32.3. The molecule has 0 saturated heterocycles. The minimum atomic E-state index is 1.22. The zero-order valence-corrected chi connectivity index (χ0v) is 27.5. The minimum Gasteiger partial charge on any atom is -0.135 e. The molecule has 0 saturated carbocycles. The van der Waals surface area contributed by atoms with Gasteiger partial charge in [-0.3, -0.25) is 0 Å². The first-order chi connectivity index (χ1) is 24.3. The Hall–Kier alpha value is -6.02. The van der Waals surface area contributed by atoms with Crippen LogP contribution in [0.25, 0.3) is 97.0 Å². The van der Waals surface area contributed by atoms with Gasteiger partial charge in [0.2, 0.25) is 0 Å². The number of thiophene rings is 1. The molecule has 0 radical (unpaired) electrons. The summed E-state index contributed by atoms with van der Waals surface area (Å²) in [6.45, 7) is 0. The summed E-state index contributed by atoms with van der Waals surface area (Å²) >= 11 is 1.89. The van der Waals surface area contributed by atoms with Crippen molar-refractivity contribution in [2.75, 3.05) is 0 Å². The van der Waals surface area contributed by atoms with E-state index in [2.05, 4.69) is 182 Å². The standard InChI is InChI=1S/C48H30S/c1-2-12-34(13-3-1)46-38-16-4-6-18-40(38)47(41-19-7-5-17-39(41)46)42-21-10-14-32-28-29-35(30-44(32)42)31-24-26-33(27-25-31)36-20-11-22-43-37-15-8-9-23-45(37)49-48(36)43/h1-30H. The van der Waals surface area contributed by atoms with Gasteiger partial charge in [0.25, 0.3) is 0 Å². The van der Waals surface area contributed by atoms with E-state index < -0.39 is 0 Å². The Kier molecular flexibility index (Phi) is 6.47. The molecule has 0 N–H and O–H groups in total. The summed E-state index contributed by atoms with van der Waals surface area (Å²) in [6, 6.07) is 66.9. The summed E-state index contributed by atoms with van der Waals surface area (Å²) in [7, 11) is 0. The van der Waals surface area contributed by atoms with E-state index in [0.29, 0.717) is 0 Å². The number of hydrogen-bond acceptors (Lipinski definition) is 1. The van der Waals surface area contributed by atoms with Crippen LogP contribution in [0.5, 0.6) is 0 Å². The molecule has 1 heteroatoms. The predicted octanol–water partition coefficient (Wildman–Crippen LogP) is 14.2. The van der Waals surface area contributed by atoms with Crippen LogP contribution in [0.4, 0.5) is 0 Å². The number of benzene rings is 9. The van der Waals surface area contributed by atoms with Gasteiger partial charge in [-0.25, -0.2) is 0 Å². The Morgan fingerprint density at radius 3 is 1.57 bits per heavy atom. The largest absolute Gasteiger partial charge is 0.135 e. The van der Waals surface area contributed by atoms with Gasteiger partial charge in [-0.2, -0.15) is 0 Å². The second-order valence-electron chi connectivity index (χ2n) is 12.8. The lowest BCUT2D eigenvalue weighted by atomic mass is 9.84. The van der Waals surface area contributed by atoms with Crippen molar-refractivity contribution in [1.29, 1.82) is 0 Å². The third kappa shape index (κ3) is 4.51. The Morgan fingerprint density at radius 2 is 0.837 bits per heavy atom. The van der Waals surface area contributed by atoms with E-state index in [1.54, 1.807) is 0 Å². The molecule has 0 amide bonds. The maximum Gasteiger partial charge on any atom is 0.0433 e. The predicted molar refractivity (Wildman–Crippen MR) is 214 cm³/mol. The van der Waals surface area contributed by atoms with Crippen LogP contribution in [0, 0.1) is 0 Å². The second-order valence-corrected chi connectivity index (χ2v) is 13.9. The molecule has 0 fully saturated rings. The van der Waals surface area contributed by atoms with Gasteiger partial charge in [-0.1, -0.05) is 170 Å². The van der Waals surface area contributed by atoms with Crippen LogP contribution in [0.2, 0.25) is 0 Å². The van der Waals surface area contributed by atoms with Crippen molar-refractivity contribution < 1.29 is 0 Å². The highest BCUT2D eigenvalue weighted by Crippen LogP contribution is 2.46. The lowest BCUT2D eigenvalue weighted by molar-refractivity contribution is 1.62. The van der Waals surface area contributed by atoms with Gasteiger partial charge in [0, 0.05) is 20.2 Å². The number of fused-ring (bicyclic) bond motifs is 6. The quantitative estimate of drug-likeness (QED) is 0.168. The highest BCUT2D eigenvalue weighted by Gasteiger charge is 2.18. The summed E-state index contributed by atoms with van der Waals surface area (Å²) < 4.78 is 2.69. The van der Waals surface area contributed by atoms with E-state index in [0.717, 1.165) is 0 Å². The van der Waals surface area contributed by atoms with Crippen molar-refractivity contribution in [2.24, 2.45) is 0 Å². The van der Waals surface area contributed by atoms with E-state index >= 15 is 0 Å². The molecule has 49 heavy (non-hydrogen) atoms. The molecule has 0 aliphatic rings. The molecular weight excluding hydrogens is 609 g/mol. The van der Waals surface area contributed by atoms with Crippen LogP contribution in [0.1, 0.15) is 0 Å². The lowest BCUT2D eigenvalue weighted by Crippen LogP contribution is -1.91. The van der Waals surface area contributed by atoms with Gasteiger partial charge in [-0.05, 0) is 89.0 Å². The van der Waals surface area contributed by atoms with Gasteiger partial charge in [0.15, 0.2) is 0 Å². The fraction of sp³-hybridized carbons (Fsp3) is 0. The molecule has 0 aliphatic carbocycles. The summed E-state index contributed by atoms with van der Waals surface area (Å²) in [5.74, 6) is 0. The summed E-state index contributed by atoms with van der Waals surface area (Å²) in [6.07, 6.45) is 0. The first-order valence-electron chi connectivity index (χ1n) is 16.8. The molecule has 10 rings (SSSR count). The molecule has 0 unspecified atom stereocenters. The lowest BCUT2D eigenvalue weighted by Gasteiger charge is -2.19. The van der Waals surface area contributed by atoms with Crippen molar-refractivity contribution >= 4 is 63.8 Å². The van der Waals surface area contributed by atoms with Crippen molar-refractivity contribution in [3.05, 3.63) is 182 Å². The third-order valence-corrected chi connectivity index (χ3v) is 11.3. The van der Waals surface area contributed by atoms with Gasteiger partial charge < -0.3 is 0 Å². The first kappa shape index (κ1) is 28.0. The van der Waals surface area contributed by atoms with Crippen LogP contribution in [-0.4, -0.2) is 0 Å². The average molecular weight is 639 g/mol. The molecular formula is C48H30S. The molecule has 1 aromatic heterocycles. The van der Waals surface area contributed by atoms with E-state index in [9.17, 15) is 0 Å². The van der Waals surface area contributed by atoms with Crippen molar-refractivity contribution in [2.45, 2.75) is 0 Å². The molecule has 228 valence electrons. The Morgan fingerprint density at radius 1 is 0.286 bits per heavy atom. The molecule has 0 atom stereocenters. The normalized spacial score (nSPS) is 11.7. The summed E-state index contributed by atoms with van der Waals surface area (Å²) in [5, 5.41) is 10.3. The fourth-order valence-corrected chi connectivity index (χ4v) is 9.06. The molecule has 9 aromatic carbocycles. The molecule has 0 aliphatic heterocycles. The Balaban J connectivity index is 1.14. The molecule has 0 spiro atoms. The van der Waals surface area contributed by atoms with Crippen LogP contribution >= 0.6 is 11.3 Å². The topological polar surface area (TPSA) is 0 Å². The first-order valence-corrected chi connectivity index (χ1v) is 17.7. The van der Waals surface area contributed by atoms with Crippen LogP contribution in [0.3, 0.4) is 0 Å². The third-order valence-electron chi connectivity index (χ3n) is 10.1. The summed E-state index contributed by atoms with van der Waals surface area (Å²) in [4.78, 5) is 0.